The maximum Gasteiger partial charge on any atom is 0.0715 e. The third-order valence-electron chi connectivity index (χ3n) is 3.52. The number of piperidine rings is 1. The van der Waals surface area contributed by atoms with Crippen molar-refractivity contribution in [1.82, 2.24) is 5.32 Å². The highest BCUT2D eigenvalue weighted by molar-refractivity contribution is 6.31. The molecule has 106 valence electrons. The lowest BCUT2D eigenvalue weighted by Crippen LogP contribution is -2.39. The van der Waals surface area contributed by atoms with Crippen molar-refractivity contribution in [2.24, 2.45) is 0 Å². The number of rotatable bonds is 4. The highest BCUT2D eigenvalue weighted by Gasteiger charge is 2.20. The van der Waals surface area contributed by atoms with Crippen molar-refractivity contribution in [3.05, 3.63) is 28.8 Å². The number of aliphatic hydroxyl groups excluding tert-OH is 1. The van der Waals surface area contributed by atoms with Crippen molar-refractivity contribution in [2.75, 3.05) is 18.0 Å². The number of hydrogen-bond donors (Lipinski definition) is 2. The first-order valence-electron chi connectivity index (χ1n) is 7.01. The summed E-state index contributed by atoms with van der Waals surface area (Å²) in [6, 6.07) is 6.44. The van der Waals surface area contributed by atoms with Gasteiger partial charge in [0.25, 0.3) is 0 Å². The summed E-state index contributed by atoms with van der Waals surface area (Å²) in [7, 11) is 0. The van der Waals surface area contributed by atoms with E-state index in [9.17, 15) is 5.11 Å². The standard InChI is InChI=1S/C15H23ClN2O/c1-11(2)17-9-13-14(16)6-3-7-15(13)18-8-4-5-12(19)10-18/h3,6-7,11-12,17,19H,4-5,8-10H2,1-2H3. The third kappa shape index (κ3) is 3.85. The van der Waals surface area contributed by atoms with Gasteiger partial charge >= 0.3 is 0 Å². The Balaban J connectivity index is 2.20. The predicted molar refractivity (Wildman–Crippen MR) is 80.9 cm³/mol. The molecular formula is C15H23ClN2O. The average molecular weight is 283 g/mol. The van der Waals surface area contributed by atoms with Gasteiger partial charge in [-0.3, -0.25) is 0 Å². The summed E-state index contributed by atoms with van der Waals surface area (Å²) in [6.07, 6.45) is 1.71. The predicted octanol–water partition coefficient (Wildman–Crippen LogP) is 2.80. The Kier molecular flexibility index (Phi) is 5.08. The Morgan fingerprint density at radius 3 is 2.95 bits per heavy atom. The van der Waals surface area contributed by atoms with Gasteiger partial charge in [-0.05, 0) is 25.0 Å². The molecule has 0 aromatic heterocycles. The molecule has 2 N–H and O–H groups in total. The number of nitrogens with one attached hydrogen (secondary N) is 1. The minimum Gasteiger partial charge on any atom is -0.391 e. The van der Waals surface area contributed by atoms with E-state index in [0.29, 0.717) is 12.6 Å². The third-order valence-corrected chi connectivity index (χ3v) is 3.87. The molecule has 0 amide bonds. The van der Waals surface area contributed by atoms with Crippen LogP contribution < -0.4 is 10.2 Å². The van der Waals surface area contributed by atoms with E-state index in [1.54, 1.807) is 0 Å². The Bertz CT molecular complexity index is 423. The molecule has 0 aliphatic carbocycles. The van der Waals surface area contributed by atoms with Crippen LogP contribution in [0.1, 0.15) is 32.3 Å². The number of anilines is 1. The van der Waals surface area contributed by atoms with Crippen LogP contribution in [-0.4, -0.2) is 30.3 Å². The number of benzene rings is 1. The number of hydrogen-bond acceptors (Lipinski definition) is 3. The van der Waals surface area contributed by atoms with Crippen molar-refractivity contribution in [3.8, 4) is 0 Å². The fourth-order valence-corrected chi connectivity index (χ4v) is 2.73. The molecule has 1 atom stereocenters. The van der Waals surface area contributed by atoms with E-state index in [1.165, 1.54) is 0 Å². The summed E-state index contributed by atoms with van der Waals surface area (Å²) in [5.74, 6) is 0. The largest absolute Gasteiger partial charge is 0.391 e. The lowest BCUT2D eigenvalue weighted by molar-refractivity contribution is 0.154. The second kappa shape index (κ2) is 6.60. The number of aliphatic hydroxyl groups is 1. The average Bonchev–Trinajstić information content (AvgIpc) is 2.37. The minimum absolute atomic E-state index is 0.223. The highest BCUT2D eigenvalue weighted by atomic mass is 35.5. The summed E-state index contributed by atoms with van der Waals surface area (Å²) in [5, 5.41) is 14.0. The van der Waals surface area contributed by atoms with E-state index in [4.69, 9.17) is 11.6 Å². The molecule has 4 heteroatoms. The van der Waals surface area contributed by atoms with Gasteiger partial charge < -0.3 is 15.3 Å². The zero-order valence-corrected chi connectivity index (χ0v) is 12.5. The fraction of sp³-hybridized carbons (Fsp3) is 0.600. The summed E-state index contributed by atoms with van der Waals surface area (Å²) in [4.78, 5) is 2.25. The van der Waals surface area contributed by atoms with Gasteiger partial charge in [-0.25, -0.2) is 0 Å². The summed E-state index contributed by atoms with van der Waals surface area (Å²) in [5.41, 5.74) is 2.28. The smallest absolute Gasteiger partial charge is 0.0715 e. The van der Waals surface area contributed by atoms with E-state index in [-0.39, 0.29) is 6.10 Å². The fourth-order valence-electron chi connectivity index (χ4n) is 2.50. The topological polar surface area (TPSA) is 35.5 Å². The molecule has 19 heavy (non-hydrogen) atoms. The molecular weight excluding hydrogens is 260 g/mol. The highest BCUT2D eigenvalue weighted by Crippen LogP contribution is 2.29. The first kappa shape index (κ1) is 14.6. The number of β-amino-alcohol motifs (C(OH)–C–C–N with tert-alkyl or cyclic N) is 1. The molecule has 1 aliphatic heterocycles. The van der Waals surface area contributed by atoms with Crippen LogP contribution in [0.3, 0.4) is 0 Å². The van der Waals surface area contributed by atoms with Gasteiger partial charge in [-0.15, -0.1) is 0 Å². The van der Waals surface area contributed by atoms with Crippen LogP contribution in [-0.2, 0) is 6.54 Å². The number of halogens is 1. The maximum absolute atomic E-state index is 9.83. The molecule has 1 aromatic carbocycles. The van der Waals surface area contributed by atoms with E-state index >= 15 is 0 Å². The van der Waals surface area contributed by atoms with E-state index in [0.717, 1.165) is 42.2 Å². The van der Waals surface area contributed by atoms with Gasteiger partial charge in [0.05, 0.1) is 6.10 Å². The summed E-state index contributed by atoms with van der Waals surface area (Å²) >= 11 is 6.34. The van der Waals surface area contributed by atoms with Gasteiger partial charge in [-0.2, -0.15) is 0 Å². The summed E-state index contributed by atoms with van der Waals surface area (Å²) < 4.78 is 0. The Labute approximate surface area is 120 Å². The van der Waals surface area contributed by atoms with Crippen LogP contribution in [0.2, 0.25) is 5.02 Å². The van der Waals surface area contributed by atoms with Gasteiger partial charge in [-0.1, -0.05) is 31.5 Å². The molecule has 0 radical (unpaired) electrons. The zero-order valence-electron chi connectivity index (χ0n) is 11.7. The van der Waals surface area contributed by atoms with Crippen molar-refractivity contribution in [2.45, 2.75) is 45.4 Å². The molecule has 1 heterocycles. The first-order chi connectivity index (χ1) is 9.08. The maximum atomic E-state index is 9.83. The van der Waals surface area contributed by atoms with Crippen LogP contribution in [0, 0.1) is 0 Å². The summed E-state index contributed by atoms with van der Waals surface area (Å²) in [6.45, 7) is 6.71. The second-order valence-corrected chi connectivity index (χ2v) is 5.92. The van der Waals surface area contributed by atoms with Crippen LogP contribution >= 0.6 is 11.6 Å². The van der Waals surface area contributed by atoms with Gasteiger partial charge in [0.15, 0.2) is 0 Å². The molecule has 1 aromatic rings. The van der Waals surface area contributed by atoms with Crippen LogP contribution in [0.25, 0.3) is 0 Å². The molecule has 0 spiro atoms. The van der Waals surface area contributed by atoms with Crippen molar-refractivity contribution in [1.29, 1.82) is 0 Å². The number of nitrogens with zero attached hydrogens (tertiary/aromatic N) is 1. The Morgan fingerprint density at radius 1 is 1.47 bits per heavy atom. The quantitative estimate of drug-likeness (QED) is 0.891. The molecule has 1 fully saturated rings. The van der Waals surface area contributed by atoms with Crippen LogP contribution in [0.5, 0.6) is 0 Å². The molecule has 0 bridgehead atoms. The monoisotopic (exact) mass is 282 g/mol. The Hall–Kier alpha value is -0.770. The SMILES string of the molecule is CC(C)NCc1c(Cl)cccc1N1CCCC(O)C1. The van der Waals surface area contributed by atoms with Crippen molar-refractivity contribution in [3.63, 3.8) is 0 Å². The lowest BCUT2D eigenvalue weighted by Gasteiger charge is -2.33. The van der Waals surface area contributed by atoms with E-state index < -0.39 is 0 Å². The second-order valence-electron chi connectivity index (χ2n) is 5.52. The van der Waals surface area contributed by atoms with Crippen molar-refractivity contribution >= 4 is 17.3 Å². The van der Waals surface area contributed by atoms with E-state index in [1.807, 2.05) is 12.1 Å². The molecule has 3 nitrogen and oxygen atoms in total. The molecule has 1 unspecified atom stereocenters. The van der Waals surface area contributed by atoms with Crippen LogP contribution in [0.4, 0.5) is 5.69 Å². The lowest BCUT2D eigenvalue weighted by atomic mass is 10.0. The Morgan fingerprint density at radius 2 is 2.26 bits per heavy atom. The van der Waals surface area contributed by atoms with E-state index in [2.05, 4.69) is 30.1 Å². The normalized spacial score (nSPS) is 20.1. The van der Waals surface area contributed by atoms with Crippen LogP contribution in [0.15, 0.2) is 18.2 Å². The van der Waals surface area contributed by atoms with Gasteiger partial charge in [0.2, 0.25) is 0 Å². The molecule has 1 saturated heterocycles. The molecule has 1 aliphatic rings. The minimum atomic E-state index is -0.223. The molecule has 2 rings (SSSR count). The molecule has 0 saturated carbocycles. The van der Waals surface area contributed by atoms with Crippen molar-refractivity contribution < 1.29 is 5.11 Å². The first-order valence-corrected chi connectivity index (χ1v) is 7.39. The van der Waals surface area contributed by atoms with Gasteiger partial charge in [0, 0.05) is 41.9 Å². The van der Waals surface area contributed by atoms with Gasteiger partial charge in [0.1, 0.15) is 0 Å². The zero-order chi connectivity index (χ0) is 13.8.